The van der Waals surface area contributed by atoms with Crippen molar-refractivity contribution in [3.05, 3.63) is 0 Å². The molecule has 0 bridgehead atoms. The third kappa shape index (κ3) is 0.876. The summed E-state index contributed by atoms with van der Waals surface area (Å²) in [5.74, 6) is 0.0257. The number of hydrogen-bond acceptors (Lipinski definition) is 3. The standard InChI is InChI=1S/C8H11NO3/c10-6-1-3-8(4-2-6)5-7(11)9(8)12/h12H,1-5H2. The van der Waals surface area contributed by atoms with Crippen molar-refractivity contribution in [2.45, 2.75) is 37.6 Å². The van der Waals surface area contributed by atoms with E-state index < -0.39 is 0 Å². The van der Waals surface area contributed by atoms with Crippen molar-refractivity contribution < 1.29 is 14.8 Å². The number of Topliss-reactive ketones (excluding diaryl/α,β-unsaturated/α-hetero) is 1. The van der Waals surface area contributed by atoms with E-state index >= 15 is 0 Å². The molecule has 12 heavy (non-hydrogen) atoms. The van der Waals surface area contributed by atoms with Crippen LogP contribution in [-0.2, 0) is 9.59 Å². The topological polar surface area (TPSA) is 57.6 Å². The Kier molecular flexibility index (Phi) is 1.48. The van der Waals surface area contributed by atoms with Crippen molar-refractivity contribution >= 4 is 11.7 Å². The van der Waals surface area contributed by atoms with Gasteiger partial charge in [0, 0.05) is 12.8 Å². The van der Waals surface area contributed by atoms with Gasteiger partial charge in [0.25, 0.3) is 0 Å². The zero-order chi connectivity index (χ0) is 8.77. The van der Waals surface area contributed by atoms with Crippen LogP contribution in [0.25, 0.3) is 0 Å². The van der Waals surface area contributed by atoms with Gasteiger partial charge in [-0.1, -0.05) is 0 Å². The predicted octanol–water partition coefficient (Wildman–Crippen LogP) is 0.490. The minimum atomic E-state index is -0.370. The highest BCUT2D eigenvalue weighted by atomic mass is 16.5. The summed E-state index contributed by atoms with van der Waals surface area (Å²) in [6, 6.07) is 0. The van der Waals surface area contributed by atoms with E-state index in [1.54, 1.807) is 0 Å². The molecule has 0 unspecified atom stereocenters. The Labute approximate surface area is 70.1 Å². The molecular formula is C8H11NO3. The van der Waals surface area contributed by atoms with Gasteiger partial charge >= 0.3 is 0 Å². The molecule has 4 nitrogen and oxygen atoms in total. The van der Waals surface area contributed by atoms with Crippen molar-refractivity contribution in [3.63, 3.8) is 0 Å². The monoisotopic (exact) mass is 169 g/mol. The summed E-state index contributed by atoms with van der Waals surface area (Å²) in [6.45, 7) is 0. The maximum absolute atomic E-state index is 10.9. The molecule has 1 aliphatic carbocycles. The molecule has 2 rings (SSSR count). The summed E-state index contributed by atoms with van der Waals surface area (Å²) < 4.78 is 0. The van der Waals surface area contributed by atoms with Gasteiger partial charge in [0.15, 0.2) is 0 Å². The first-order chi connectivity index (χ1) is 5.64. The molecule has 2 fully saturated rings. The smallest absolute Gasteiger partial charge is 0.248 e. The molecule has 1 amide bonds. The average molecular weight is 169 g/mol. The van der Waals surface area contributed by atoms with Crippen molar-refractivity contribution in [1.82, 2.24) is 5.06 Å². The second-order valence-electron chi connectivity index (χ2n) is 3.65. The van der Waals surface area contributed by atoms with Crippen LogP contribution < -0.4 is 0 Å². The second-order valence-corrected chi connectivity index (χ2v) is 3.65. The van der Waals surface area contributed by atoms with E-state index in [1.165, 1.54) is 0 Å². The predicted molar refractivity (Wildman–Crippen MR) is 39.5 cm³/mol. The highest BCUT2D eigenvalue weighted by Gasteiger charge is 2.52. The number of carbonyl (C=O) groups excluding carboxylic acids is 2. The second kappa shape index (κ2) is 2.29. The van der Waals surface area contributed by atoms with Gasteiger partial charge < -0.3 is 0 Å². The fourth-order valence-corrected chi connectivity index (χ4v) is 1.99. The van der Waals surface area contributed by atoms with Gasteiger partial charge in [-0.3, -0.25) is 14.8 Å². The maximum atomic E-state index is 10.9. The van der Waals surface area contributed by atoms with Gasteiger partial charge in [0.1, 0.15) is 5.78 Å². The van der Waals surface area contributed by atoms with Crippen LogP contribution in [-0.4, -0.2) is 27.5 Å². The molecule has 1 aliphatic heterocycles. The number of carbonyl (C=O) groups is 2. The summed E-state index contributed by atoms with van der Waals surface area (Å²) in [7, 11) is 0. The molecule has 1 N–H and O–H groups in total. The molecule has 1 spiro atoms. The quantitative estimate of drug-likeness (QED) is 0.424. The van der Waals surface area contributed by atoms with Crippen LogP contribution in [0.4, 0.5) is 0 Å². The number of hydrogen-bond donors (Lipinski definition) is 1. The molecule has 0 aromatic heterocycles. The number of amides is 1. The molecule has 1 saturated heterocycles. The van der Waals surface area contributed by atoms with E-state index in [0.29, 0.717) is 32.1 Å². The SMILES string of the molecule is O=C1CCC2(CC1)CC(=O)N2O. The van der Waals surface area contributed by atoms with Gasteiger partial charge in [-0.2, -0.15) is 0 Å². The summed E-state index contributed by atoms with van der Waals surface area (Å²) in [4.78, 5) is 21.7. The Hall–Kier alpha value is -0.900. The normalized spacial score (nSPS) is 27.6. The van der Waals surface area contributed by atoms with Crippen LogP contribution in [0.3, 0.4) is 0 Å². The molecule has 0 radical (unpaired) electrons. The van der Waals surface area contributed by atoms with Crippen LogP contribution in [0.5, 0.6) is 0 Å². The lowest BCUT2D eigenvalue weighted by Crippen LogP contribution is -2.63. The Morgan fingerprint density at radius 1 is 1.25 bits per heavy atom. The number of ketones is 1. The van der Waals surface area contributed by atoms with Crippen LogP contribution in [0.15, 0.2) is 0 Å². The minimum Gasteiger partial charge on any atom is -0.300 e. The largest absolute Gasteiger partial charge is 0.300 e. The molecule has 0 aromatic rings. The Morgan fingerprint density at radius 3 is 2.25 bits per heavy atom. The number of hydroxylamine groups is 2. The zero-order valence-electron chi connectivity index (χ0n) is 6.75. The van der Waals surface area contributed by atoms with Gasteiger partial charge in [-0.15, -0.1) is 0 Å². The van der Waals surface area contributed by atoms with Crippen LogP contribution in [0, 0.1) is 0 Å². The van der Waals surface area contributed by atoms with Crippen LogP contribution in [0.1, 0.15) is 32.1 Å². The Balaban J connectivity index is 2.06. The summed E-state index contributed by atoms with van der Waals surface area (Å²) in [5.41, 5.74) is -0.370. The molecule has 0 atom stereocenters. The molecular weight excluding hydrogens is 158 g/mol. The van der Waals surface area contributed by atoms with E-state index in [1.807, 2.05) is 0 Å². The zero-order valence-corrected chi connectivity index (χ0v) is 6.75. The van der Waals surface area contributed by atoms with Gasteiger partial charge in [0.2, 0.25) is 5.91 Å². The van der Waals surface area contributed by atoms with Gasteiger partial charge in [-0.05, 0) is 12.8 Å². The summed E-state index contributed by atoms with van der Waals surface area (Å²) in [6.07, 6.45) is 2.69. The van der Waals surface area contributed by atoms with Crippen molar-refractivity contribution in [2.75, 3.05) is 0 Å². The fraction of sp³-hybridized carbons (Fsp3) is 0.750. The third-order valence-corrected chi connectivity index (χ3v) is 2.90. The first kappa shape index (κ1) is 7.73. The molecule has 66 valence electrons. The third-order valence-electron chi connectivity index (χ3n) is 2.90. The summed E-state index contributed by atoms with van der Waals surface area (Å²) >= 11 is 0. The van der Waals surface area contributed by atoms with E-state index in [-0.39, 0.29) is 17.2 Å². The maximum Gasteiger partial charge on any atom is 0.248 e. The van der Waals surface area contributed by atoms with Gasteiger partial charge in [0.05, 0.1) is 12.0 Å². The van der Waals surface area contributed by atoms with E-state index in [9.17, 15) is 14.8 Å². The van der Waals surface area contributed by atoms with E-state index in [2.05, 4.69) is 0 Å². The molecule has 0 aromatic carbocycles. The van der Waals surface area contributed by atoms with Crippen LogP contribution in [0.2, 0.25) is 0 Å². The highest BCUT2D eigenvalue weighted by Crippen LogP contribution is 2.41. The van der Waals surface area contributed by atoms with Gasteiger partial charge in [-0.25, -0.2) is 5.06 Å². The number of rotatable bonds is 0. The fourth-order valence-electron chi connectivity index (χ4n) is 1.99. The van der Waals surface area contributed by atoms with Crippen molar-refractivity contribution in [2.24, 2.45) is 0 Å². The highest BCUT2D eigenvalue weighted by molar-refractivity contribution is 5.86. The Bertz CT molecular complexity index is 239. The first-order valence-electron chi connectivity index (χ1n) is 4.18. The lowest BCUT2D eigenvalue weighted by Gasteiger charge is -2.49. The lowest BCUT2D eigenvalue weighted by atomic mass is 9.73. The molecule has 4 heteroatoms. The molecule has 1 heterocycles. The lowest BCUT2D eigenvalue weighted by molar-refractivity contribution is -0.235. The average Bonchev–Trinajstić information content (AvgIpc) is 2.09. The molecule has 2 aliphatic rings. The minimum absolute atomic E-state index is 0.218. The van der Waals surface area contributed by atoms with E-state index in [4.69, 9.17) is 0 Å². The number of nitrogens with zero attached hydrogens (tertiary/aromatic N) is 1. The summed E-state index contributed by atoms with van der Waals surface area (Å²) in [5, 5.41) is 10.1. The van der Waals surface area contributed by atoms with Crippen molar-refractivity contribution in [1.29, 1.82) is 0 Å². The van der Waals surface area contributed by atoms with E-state index in [0.717, 1.165) is 5.06 Å². The Morgan fingerprint density at radius 2 is 1.83 bits per heavy atom. The first-order valence-corrected chi connectivity index (χ1v) is 4.18. The van der Waals surface area contributed by atoms with Crippen molar-refractivity contribution in [3.8, 4) is 0 Å². The van der Waals surface area contributed by atoms with Crippen LogP contribution >= 0.6 is 0 Å². The molecule has 1 saturated carbocycles. The number of β-lactam (4-membered cyclic amide) rings is 1.